The summed E-state index contributed by atoms with van der Waals surface area (Å²) in [5.74, 6) is 0.535. The molecule has 1 saturated heterocycles. The lowest BCUT2D eigenvalue weighted by Crippen LogP contribution is -2.43. The van der Waals surface area contributed by atoms with Crippen LogP contribution in [0.2, 0.25) is 0 Å². The molecule has 5 rings (SSSR count). The third kappa shape index (κ3) is 3.14. The lowest BCUT2D eigenvalue weighted by Gasteiger charge is -2.29. The summed E-state index contributed by atoms with van der Waals surface area (Å²) in [6.45, 7) is 1.22. The van der Waals surface area contributed by atoms with E-state index in [0.29, 0.717) is 17.0 Å². The van der Waals surface area contributed by atoms with E-state index in [9.17, 15) is 15.3 Å². The van der Waals surface area contributed by atoms with Gasteiger partial charge in [0.05, 0.1) is 19.0 Å². The molecule has 9 nitrogen and oxygen atoms in total. The summed E-state index contributed by atoms with van der Waals surface area (Å²) in [6.07, 6.45) is 15.7. The van der Waals surface area contributed by atoms with Gasteiger partial charge in [0.25, 0.3) is 0 Å². The summed E-state index contributed by atoms with van der Waals surface area (Å²) in [5.41, 5.74) is 1.82. The highest BCUT2D eigenvalue weighted by Crippen LogP contribution is 2.37. The van der Waals surface area contributed by atoms with Gasteiger partial charge in [-0.25, -0.2) is 15.0 Å². The molecule has 0 bridgehead atoms. The van der Waals surface area contributed by atoms with Crippen molar-refractivity contribution >= 4 is 17.0 Å². The number of nitrogens with one attached hydrogen (secondary N) is 1. The Labute approximate surface area is 178 Å². The number of aliphatic hydroxyl groups excluding tert-OH is 3. The maximum atomic E-state index is 10.6. The number of anilines is 1. The van der Waals surface area contributed by atoms with Gasteiger partial charge in [0.1, 0.15) is 24.6 Å². The molecule has 1 fully saturated rings. The van der Waals surface area contributed by atoms with Gasteiger partial charge in [-0.05, 0) is 18.1 Å². The Bertz CT molecular complexity index is 1160. The first kappa shape index (κ1) is 19.8. The van der Waals surface area contributed by atoms with Crippen LogP contribution >= 0.6 is 0 Å². The Morgan fingerprint density at radius 1 is 1.13 bits per heavy atom. The van der Waals surface area contributed by atoms with Gasteiger partial charge in [-0.15, -0.1) is 0 Å². The number of aliphatic hydroxyl groups is 3. The van der Waals surface area contributed by atoms with E-state index in [1.54, 1.807) is 11.5 Å². The molecule has 1 unspecified atom stereocenters. The van der Waals surface area contributed by atoms with E-state index in [1.165, 1.54) is 12.7 Å². The Balaban J connectivity index is 1.51. The van der Waals surface area contributed by atoms with Crippen LogP contribution in [0, 0.1) is 0 Å². The molecule has 0 spiro atoms. The maximum absolute atomic E-state index is 10.6. The van der Waals surface area contributed by atoms with Crippen LogP contribution in [0.3, 0.4) is 0 Å². The van der Waals surface area contributed by atoms with Gasteiger partial charge in [-0.2, -0.15) is 0 Å². The molecule has 0 saturated carbocycles. The van der Waals surface area contributed by atoms with Crippen molar-refractivity contribution < 1.29 is 20.1 Å². The Morgan fingerprint density at radius 2 is 2.00 bits per heavy atom. The third-order valence-corrected chi connectivity index (χ3v) is 5.95. The molecule has 0 amide bonds. The highest BCUT2D eigenvalue weighted by molar-refractivity contribution is 5.83. The van der Waals surface area contributed by atoms with Crippen LogP contribution in [0.1, 0.15) is 6.92 Å². The quantitative estimate of drug-likeness (QED) is 0.575. The van der Waals surface area contributed by atoms with Crippen LogP contribution in [0.4, 0.5) is 5.82 Å². The minimum atomic E-state index is -1.34. The first-order chi connectivity index (χ1) is 15.0. The molecule has 0 aromatic carbocycles. The average molecular weight is 421 g/mol. The standard InChI is InChI=1S/C22H23N5O4/c1-22(19(30)18(29)16(10-28)31-22)27-12-25-17-20(23-11-24-21(17)27)26-15-9-5-7-13-6-3-2-4-8-14(13)15/h2-9,11-12,15-16,18-19,28-30H,10H2,1H3,(H,23,24,26)/t15?,16-,18-,19-,22-/m1/s1. The van der Waals surface area contributed by atoms with Gasteiger partial charge >= 0.3 is 0 Å². The largest absolute Gasteiger partial charge is 0.394 e. The second-order valence-corrected chi connectivity index (χ2v) is 7.83. The average Bonchev–Trinajstić information content (AvgIpc) is 3.20. The Morgan fingerprint density at radius 3 is 2.81 bits per heavy atom. The van der Waals surface area contributed by atoms with Crippen molar-refractivity contribution in [3.8, 4) is 0 Å². The summed E-state index contributed by atoms with van der Waals surface area (Å²) >= 11 is 0. The molecule has 4 N–H and O–H groups in total. The molecular weight excluding hydrogens is 398 g/mol. The highest BCUT2D eigenvalue weighted by atomic mass is 16.6. The molecule has 9 heteroatoms. The van der Waals surface area contributed by atoms with Gasteiger partial charge in [0.2, 0.25) is 0 Å². The van der Waals surface area contributed by atoms with Crippen molar-refractivity contribution in [3.05, 3.63) is 72.4 Å². The molecule has 5 atom stereocenters. The van der Waals surface area contributed by atoms with E-state index in [2.05, 4.69) is 38.5 Å². The van der Waals surface area contributed by atoms with Gasteiger partial charge in [-0.1, -0.05) is 48.6 Å². The van der Waals surface area contributed by atoms with E-state index in [-0.39, 0.29) is 6.04 Å². The van der Waals surface area contributed by atoms with Crippen molar-refractivity contribution in [2.24, 2.45) is 0 Å². The van der Waals surface area contributed by atoms with E-state index in [1.807, 2.05) is 30.4 Å². The number of nitrogens with zero attached hydrogens (tertiary/aromatic N) is 4. The number of fused-ring (bicyclic) bond motifs is 2. The SMILES string of the molecule is C[C@@]1(n2cnc3c(NC4C=CC=C5C=CC=CC=C54)ncnc32)O[C@H](CO)[C@@H](O)[C@H]1O. The van der Waals surface area contributed by atoms with Gasteiger partial charge in [0.15, 0.2) is 22.7 Å². The van der Waals surface area contributed by atoms with Crippen molar-refractivity contribution in [2.75, 3.05) is 11.9 Å². The van der Waals surface area contributed by atoms with E-state index < -0.39 is 30.6 Å². The summed E-state index contributed by atoms with van der Waals surface area (Å²) in [5, 5.41) is 33.7. The van der Waals surface area contributed by atoms with Crippen LogP contribution < -0.4 is 5.32 Å². The number of hydrogen-bond donors (Lipinski definition) is 4. The normalized spacial score (nSPS) is 32.0. The molecule has 31 heavy (non-hydrogen) atoms. The van der Waals surface area contributed by atoms with Crippen molar-refractivity contribution in [1.29, 1.82) is 0 Å². The predicted octanol–water partition coefficient (Wildman–Crippen LogP) is 0.941. The molecule has 2 aliphatic carbocycles. The van der Waals surface area contributed by atoms with E-state index in [4.69, 9.17) is 4.74 Å². The molecule has 2 aromatic rings. The molecule has 1 aliphatic heterocycles. The molecule has 2 aromatic heterocycles. The van der Waals surface area contributed by atoms with Crippen molar-refractivity contribution in [2.45, 2.75) is 37.0 Å². The zero-order valence-electron chi connectivity index (χ0n) is 16.8. The zero-order valence-corrected chi connectivity index (χ0v) is 16.8. The van der Waals surface area contributed by atoms with Crippen molar-refractivity contribution in [1.82, 2.24) is 19.5 Å². The topological polar surface area (TPSA) is 126 Å². The van der Waals surface area contributed by atoms with Gasteiger partial charge in [-0.3, -0.25) is 4.57 Å². The maximum Gasteiger partial charge on any atom is 0.173 e. The lowest BCUT2D eigenvalue weighted by molar-refractivity contribution is -0.132. The zero-order chi connectivity index (χ0) is 21.6. The second-order valence-electron chi connectivity index (χ2n) is 7.83. The number of aromatic nitrogens is 4. The number of ether oxygens (including phenoxy) is 1. The second kappa shape index (κ2) is 7.54. The number of rotatable bonds is 4. The van der Waals surface area contributed by atoms with Crippen LogP contribution in [0.5, 0.6) is 0 Å². The first-order valence-corrected chi connectivity index (χ1v) is 10.1. The summed E-state index contributed by atoms with van der Waals surface area (Å²) in [4.78, 5) is 13.2. The minimum absolute atomic E-state index is 0.111. The third-order valence-electron chi connectivity index (χ3n) is 5.95. The summed E-state index contributed by atoms with van der Waals surface area (Å²) in [7, 11) is 0. The van der Waals surface area contributed by atoms with E-state index in [0.717, 1.165) is 11.1 Å². The van der Waals surface area contributed by atoms with E-state index >= 15 is 0 Å². The lowest BCUT2D eigenvalue weighted by atomic mass is 9.93. The Kier molecular flexibility index (Phi) is 4.82. The van der Waals surface area contributed by atoms with Crippen LogP contribution in [-0.4, -0.2) is 65.8 Å². The fourth-order valence-corrected chi connectivity index (χ4v) is 4.23. The molecule has 160 valence electrons. The Hall–Kier alpha value is -3.11. The van der Waals surface area contributed by atoms with Crippen LogP contribution in [0.15, 0.2) is 72.4 Å². The van der Waals surface area contributed by atoms with Crippen LogP contribution in [0.25, 0.3) is 11.2 Å². The number of imidazole rings is 1. The number of hydrogen-bond acceptors (Lipinski definition) is 8. The fourth-order valence-electron chi connectivity index (χ4n) is 4.23. The molecule has 3 heterocycles. The first-order valence-electron chi connectivity index (χ1n) is 10.1. The van der Waals surface area contributed by atoms with Crippen molar-refractivity contribution in [3.63, 3.8) is 0 Å². The fraction of sp³-hybridized carbons (Fsp3) is 0.318. The monoisotopic (exact) mass is 421 g/mol. The minimum Gasteiger partial charge on any atom is -0.394 e. The smallest absolute Gasteiger partial charge is 0.173 e. The van der Waals surface area contributed by atoms with Gasteiger partial charge < -0.3 is 25.4 Å². The summed E-state index contributed by atoms with van der Waals surface area (Å²) < 4.78 is 7.37. The number of allylic oxidation sites excluding steroid dienone is 7. The molecular formula is C22H23N5O4. The van der Waals surface area contributed by atoms with Crippen LogP contribution in [-0.2, 0) is 10.5 Å². The summed E-state index contributed by atoms with van der Waals surface area (Å²) in [6, 6.07) is -0.111. The predicted molar refractivity (Wildman–Crippen MR) is 114 cm³/mol. The highest BCUT2D eigenvalue weighted by Gasteiger charge is 2.53. The molecule has 0 radical (unpaired) electrons. The molecule has 3 aliphatic rings. The van der Waals surface area contributed by atoms with Gasteiger partial charge in [0, 0.05) is 0 Å².